The first-order valence-corrected chi connectivity index (χ1v) is 7.09. The number of rotatable bonds is 5. The van der Waals surface area contributed by atoms with Crippen molar-refractivity contribution in [2.45, 2.75) is 13.3 Å². The second kappa shape index (κ2) is 6.34. The van der Waals surface area contributed by atoms with Gasteiger partial charge in [0.05, 0.1) is 0 Å². The van der Waals surface area contributed by atoms with Gasteiger partial charge in [-0.25, -0.2) is 0 Å². The molecule has 1 fully saturated rings. The highest BCUT2D eigenvalue weighted by molar-refractivity contribution is 9.18. The lowest BCUT2D eigenvalue weighted by Crippen LogP contribution is -2.25. The van der Waals surface area contributed by atoms with Crippen LogP contribution in [0.4, 0.5) is 0 Å². The van der Waals surface area contributed by atoms with E-state index in [2.05, 4.69) is 27.8 Å². The second-order valence-corrected chi connectivity index (χ2v) is 5.56. The maximum absolute atomic E-state index is 11.0. The van der Waals surface area contributed by atoms with Crippen LogP contribution in [-0.2, 0) is 0 Å². The van der Waals surface area contributed by atoms with Crippen LogP contribution in [0.15, 0.2) is 24.3 Å². The molecule has 1 atom stereocenters. The van der Waals surface area contributed by atoms with E-state index in [0.717, 1.165) is 18.2 Å². The van der Waals surface area contributed by atoms with Crippen LogP contribution in [0.1, 0.15) is 23.7 Å². The summed E-state index contributed by atoms with van der Waals surface area (Å²) in [6.45, 7) is 6.33. The van der Waals surface area contributed by atoms with Crippen molar-refractivity contribution in [1.29, 1.82) is 0 Å². The van der Waals surface area contributed by atoms with Gasteiger partial charge in [0.15, 0.2) is 0 Å². The zero-order chi connectivity index (χ0) is 13.0. The van der Waals surface area contributed by atoms with Crippen LogP contribution in [-0.4, -0.2) is 35.8 Å². The first kappa shape index (κ1) is 13.6. The lowest BCUT2D eigenvalue weighted by Gasteiger charge is -2.15. The third-order valence-corrected chi connectivity index (χ3v) is 3.72. The van der Waals surface area contributed by atoms with Crippen molar-refractivity contribution in [2.75, 3.05) is 26.2 Å². The van der Waals surface area contributed by atoms with Gasteiger partial charge in [0.25, 0.3) is 0 Å². The largest absolute Gasteiger partial charge is 0.492 e. The molecule has 98 valence electrons. The van der Waals surface area contributed by atoms with E-state index in [1.807, 2.05) is 12.1 Å². The SMILES string of the molecule is CC1CCN(CCOc2ccc(C(=O)Br)cc2)C1. The zero-order valence-corrected chi connectivity index (χ0v) is 12.1. The maximum atomic E-state index is 11.0. The number of nitrogens with zero attached hydrogens (tertiary/aromatic N) is 1. The number of halogens is 1. The molecule has 1 aromatic carbocycles. The van der Waals surface area contributed by atoms with Crippen LogP contribution in [0.2, 0.25) is 0 Å². The fraction of sp³-hybridized carbons (Fsp3) is 0.500. The van der Waals surface area contributed by atoms with Gasteiger partial charge in [-0.1, -0.05) is 6.92 Å². The van der Waals surface area contributed by atoms with E-state index in [9.17, 15) is 4.79 Å². The average Bonchev–Trinajstić information content (AvgIpc) is 2.76. The molecule has 1 aliphatic rings. The molecule has 0 radical (unpaired) electrons. The highest BCUT2D eigenvalue weighted by Crippen LogP contribution is 2.16. The fourth-order valence-electron chi connectivity index (χ4n) is 2.20. The predicted octanol–water partition coefficient (Wildman–Crippen LogP) is 2.94. The van der Waals surface area contributed by atoms with Gasteiger partial charge in [0.2, 0.25) is 4.69 Å². The molecule has 0 aromatic heterocycles. The summed E-state index contributed by atoms with van der Waals surface area (Å²) in [6.07, 6.45) is 1.29. The second-order valence-electron chi connectivity index (χ2n) is 4.84. The molecule has 1 heterocycles. The van der Waals surface area contributed by atoms with Gasteiger partial charge in [-0.3, -0.25) is 9.69 Å². The third-order valence-electron chi connectivity index (χ3n) is 3.27. The number of hydrogen-bond acceptors (Lipinski definition) is 3. The van der Waals surface area contributed by atoms with Gasteiger partial charge in [-0.05, 0) is 59.1 Å². The molecule has 4 heteroatoms. The Kier molecular flexibility index (Phi) is 4.78. The van der Waals surface area contributed by atoms with E-state index in [1.54, 1.807) is 12.1 Å². The molecule has 3 nitrogen and oxygen atoms in total. The summed E-state index contributed by atoms with van der Waals surface area (Å²) in [6, 6.07) is 7.21. The van der Waals surface area contributed by atoms with E-state index in [0.29, 0.717) is 12.2 Å². The summed E-state index contributed by atoms with van der Waals surface area (Å²) < 4.78 is 5.57. The predicted molar refractivity (Wildman–Crippen MR) is 75.4 cm³/mol. The Hall–Kier alpha value is -0.870. The normalized spacial score (nSPS) is 20.0. The van der Waals surface area contributed by atoms with Crippen molar-refractivity contribution in [2.24, 2.45) is 5.92 Å². The fourth-order valence-corrected chi connectivity index (χ4v) is 2.47. The summed E-state index contributed by atoms with van der Waals surface area (Å²) in [5.41, 5.74) is 0.649. The van der Waals surface area contributed by atoms with Crippen molar-refractivity contribution in [3.8, 4) is 5.75 Å². The minimum Gasteiger partial charge on any atom is -0.492 e. The number of carbonyl (C=O) groups is 1. The minimum absolute atomic E-state index is 0.0971. The molecule has 0 bridgehead atoms. The van der Waals surface area contributed by atoms with E-state index < -0.39 is 0 Å². The summed E-state index contributed by atoms with van der Waals surface area (Å²) >= 11 is 2.92. The first-order chi connectivity index (χ1) is 8.65. The molecule has 2 rings (SSSR count). The minimum atomic E-state index is -0.0971. The molecule has 1 unspecified atom stereocenters. The van der Waals surface area contributed by atoms with Crippen LogP contribution < -0.4 is 4.74 Å². The number of likely N-dealkylation sites (tertiary alicyclic amines) is 1. The maximum Gasteiger partial charge on any atom is 0.228 e. The molecule has 0 aliphatic carbocycles. The van der Waals surface area contributed by atoms with Gasteiger partial charge >= 0.3 is 0 Å². The Balaban J connectivity index is 1.75. The van der Waals surface area contributed by atoms with Gasteiger partial charge in [-0.15, -0.1) is 0 Å². The van der Waals surface area contributed by atoms with Crippen LogP contribution in [0.5, 0.6) is 5.75 Å². The summed E-state index contributed by atoms with van der Waals surface area (Å²) in [5.74, 6) is 1.63. The number of hydrogen-bond donors (Lipinski definition) is 0. The van der Waals surface area contributed by atoms with E-state index in [-0.39, 0.29) is 4.69 Å². The highest BCUT2D eigenvalue weighted by Gasteiger charge is 2.17. The van der Waals surface area contributed by atoms with Crippen molar-refractivity contribution in [1.82, 2.24) is 4.90 Å². The smallest absolute Gasteiger partial charge is 0.228 e. The monoisotopic (exact) mass is 311 g/mol. The average molecular weight is 312 g/mol. The lowest BCUT2D eigenvalue weighted by molar-refractivity contribution is 0.109. The Morgan fingerprint density at radius 2 is 2.17 bits per heavy atom. The Bertz CT molecular complexity index is 405. The molecule has 0 amide bonds. The number of ether oxygens (including phenoxy) is 1. The molecule has 18 heavy (non-hydrogen) atoms. The van der Waals surface area contributed by atoms with Crippen molar-refractivity contribution in [3.05, 3.63) is 29.8 Å². The first-order valence-electron chi connectivity index (χ1n) is 6.30. The number of benzene rings is 1. The molecule has 0 saturated carbocycles. The molecule has 1 aliphatic heterocycles. The van der Waals surface area contributed by atoms with Crippen LogP contribution in [0, 0.1) is 5.92 Å². The number of carbonyl (C=O) groups excluding carboxylic acids is 1. The quantitative estimate of drug-likeness (QED) is 0.783. The van der Waals surface area contributed by atoms with Crippen LogP contribution >= 0.6 is 15.9 Å². The highest BCUT2D eigenvalue weighted by atomic mass is 79.9. The molecular formula is C14H18BrNO2. The van der Waals surface area contributed by atoms with Gasteiger partial charge in [0, 0.05) is 18.7 Å². The Morgan fingerprint density at radius 1 is 1.44 bits per heavy atom. The molecule has 1 aromatic rings. The van der Waals surface area contributed by atoms with E-state index >= 15 is 0 Å². The molecular weight excluding hydrogens is 294 g/mol. The van der Waals surface area contributed by atoms with Crippen molar-refractivity contribution >= 4 is 20.6 Å². The Labute approximate surface area is 116 Å². The van der Waals surface area contributed by atoms with E-state index in [1.165, 1.54) is 19.5 Å². The topological polar surface area (TPSA) is 29.5 Å². The lowest BCUT2D eigenvalue weighted by atomic mass is 10.2. The summed E-state index contributed by atoms with van der Waals surface area (Å²) in [7, 11) is 0. The van der Waals surface area contributed by atoms with E-state index in [4.69, 9.17) is 4.74 Å². The summed E-state index contributed by atoms with van der Waals surface area (Å²) in [4.78, 5) is 13.5. The standard InChI is InChI=1S/C14H18BrNO2/c1-11-6-7-16(10-11)8-9-18-13-4-2-12(3-5-13)14(15)17/h2-5,11H,6-10H2,1H3. The third kappa shape index (κ3) is 3.82. The van der Waals surface area contributed by atoms with Crippen molar-refractivity contribution in [3.63, 3.8) is 0 Å². The molecule has 1 saturated heterocycles. The Morgan fingerprint density at radius 3 is 2.72 bits per heavy atom. The zero-order valence-electron chi connectivity index (χ0n) is 10.6. The van der Waals surface area contributed by atoms with Crippen molar-refractivity contribution < 1.29 is 9.53 Å². The molecule has 0 N–H and O–H groups in total. The van der Waals surface area contributed by atoms with Gasteiger partial charge in [-0.2, -0.15) is 0 Å². The summed E-state index contributed by atoms with van der Waals surface area (Å²) in [5, 5.41) is 0. The molecule has 0 spiro atoms. The van der Waals surface area contributed by atoms with Gasteiger partial charge < -0.3 is 4.74 Å². The van der Waals surface area contributed by atoms with Gasteiger partial charge in [0.1, 0.15) is 12.4 Å². The van der Waals surface area contributed by atoms with Crippen LogP contribution in [0.3, 0.4) is 0 Å². The van der Waals surface area contributed by atoms with Crippen LogP contribution in [0.25, 0.3) is 0 Å².